The second-order valence-electron chi connectivity index (χ2n) is 5.03. The summed E-state index contributed by atoms with van der Waals surface area (Å²) in [7, 11) is 0. The maximum absolute atomic E-state index is 11.9. The zero-order valence-corrected chi connectivity index (χ0v) is 11.2. The topological polar surface area (TPSA) is 62.4 Å². The zero-order valence-electron chi connectivity index (χ0n) is 11.2. The Morgan fingerprint density at radius 1 is 1.47 bits per heavy atom. The molecule has 104 valence electrons. The summed E-state index contributed by atoms with van der Waals surface area (Å²) < 4.78 is 5.33. The maximum atomic E-state index is 11.9. The molecule has 0 spiro atoms. The molecule has 0 saturated carbocycles. The van der Waals surface area contributed by atoms with E-state index < -0.39 is 0 Å². The third kappa shape index (κ3) is 3.84. The van der Waals surface area contributed by atoms with Gasteiger partial charge in [0.2, 0.25) is 5.91 Å². The summed E-state index contributed by atoms with van der Waals surface area (Å²) in [6, 6.07) is 3.30. The monoisotopic (exact) mass is 264 g/mol. The highest BCUT2D eigenvalue weighted by Gasteiger charge is 2.19. The first-order valence-corrected chi connectivity index (χ1v) is 6.75. The van der Waals surface area contributed by atoms with Crippen molar-refractivity contribution in [1.29, 1.82) is 0 Å². The highest BCUT2D eigenvalue weighted by Crippen LogP contribution is 2.16. The van der Waals surface area contributed by atoms with Crippen LogP contribution in [-0.4, -0.2) is 35.5 Å². The lowest BCUT2D eigenvalue weighted by Crippen LogP contribution is -2.38. The summed E-state index contributed by atoms with van der Waals surface area (Å²) in [5.41, 5.74) is -0.262. The Balaban J connectivity index is 1.75. The summed E-state index contributed by atoms with van der Waals surface area (Å²) in [4.78, 5) is 27.7. The fourth-order valence-electron chi connectivity index (χ4n) is 2.18. The highest BCUT2D eigenvalue weighted by molar-refractivity contribution is 5.76. The second kappa shape index (κ2) is 6.41. The number of hydrogen-bond donors (Lipinski definition) is 1. The van der Waals surface area contributed by atoms with Crippen LogP contribution in [0.2, 0.25) is 0 Å². The molecule has 0 atom stereocenters. The number of hydrogen-bond acceptors (Lipinski definition) is 3. The third-order valence-corrected chi connectivity index (χ3v) is 3.49. The summed E-state index contributed by atoms with van der Waals surface area (Å²) >= 11 is 0. The molecule has 0 unspecified atom stereocenters. The molecule has 1 saturated heterocycles. The minimum Gasteiger partial charge on any atom is -0.487 e. The number of aromatic nitrogens is 1. The van der Waals surface area contributed by atoms with E-state index in [1.165, 1.54) is 0 Å². The van der Waals surface area contributed by atoms with Crippen LogP contribution in [-0.2, 0) is 4.79 Å². The fourth-order valence-corrected chi connectivity index (χ4v) is 2.18. The average molecular weight is 264 g/mol. The molecule has 5 nitrogen and oxygen atoms in total. The minimum atomic E-state index is -0.262. The van der Waals surface area contributed by atoms with Crippen molar-refractivity contribution in [2.24, 2.45) is 5.92 Å². The van der Waals surface area contributed by atoms with Gasteiger partial charge in [-0.05, 0) is 30.9 Å². The number of ether oxygens (including phenoxy) is 1. The Kier molecular flexibility index (Phi) is 4.60. The molecule has 0 aliphatic carbocycles. The van der Waals surface area contributed by atoms with Gasteiger partial charge >= 0.3 is 0 Å². The summed E-state index contributed by atoms with van der Waals surface area (Å²) in [6.45, 7) is 4.14. The van der Waals surface area contributed by atoms with Crippen molar-refractivity contribution in [1.82, 2.24) is 9.88 Å². The Morgan fingerprint density at radius 2 is 2.21 bits per heavy atom. The number of carbonyl (C=O) groups is 1. The van der Waals surface area contributed by atoms with E-state index >= 15 is 0 Å². The standard InChI is InChI=1S/C14H20N2O3/c1-11-4-8-16(9-5-11)13(17)6-10-19-12-3-2-7-15-14(12)18/h2-3,7,11H,4-6,8-10H2,1H3,(H,15,18). The normalized spacial score (nSPS) is 16.4. The highest BCUT2D eigenvalue weighted by atomic mass is 16.5. The van der Waals surface area contributed by atoms with Crippen LogP contribution >= 0.6 is 0 Å². The molecule has 19 heavy (non-hydrogen) atoms. The predicted molar refractivity (Wildman–Crippen MR) is 72.2 cm³/mol. The van der Waals surface area contributed by atoms with Crippen molar-refractivity contribution in [2.75, 3.05) is 19.7 Å². The molecule has 1 aliphatic heterocycles. The van der Waals surface area contributed by atoms with Gasteiger partial charge < -0.3 is 14.6 Å². The second-order valence-corrected chi connectivity index (χ2v) is 5.03. The first-order valence-electron chi connectivity index (χ1n) is 6.75. The van der Waals surface area contributed by atoms with Crippen LogP contribution in [0, 0.1) is 5.92 Å². The van der Waals surface area contributed by atoms with Crippen LogP contribution in [0.4, 0.5) is 0 Å². The Morgan fingerprint density at radius 3 is 2.89 bits per heavy atom. The number of carbonyl (C=O) groups excluding carboxylic acids is 1. The molecule has 1 amide bonds. The van der Waals surface area contributed by atoms with Gasteiger partial charge in [0.15, 0.2) is 5.75 Å². The molecule has 1 aromatic heterocycles. The summed E-state index contributed by atoms with van der Waals surface area (Å²) in [5, 5.41) is 0. The number of nitrogens with zero attached hydrogens (tertiary/aromatic N) is 1. The van der Waals surface area contributed by atoms with Crippen LogP contribution in [0.15, 0.2) is 23.1 Å². The van der Waals surface area contributed by atoms with E-state index in [1.54, 1.807) is 18.3 Å². The summed E-state index contributed by atoms with van der Waals surface area (Å²) in [5.74, 6) is 1.09. The molecule has 1 aromatic rings. The van der Waals surface area contributed by atoms with Gasteiger partial charge in [0.25, 0.3) is 5.56 Å². The summed E-state index contributed by atoms with van der Waals surface area (Å²) in [6.07, 6.45) is 4.02. The van der Waals surface area contributed by atoms with Crippen molar-refractivity contribution in [3.8, 4) is 5.75 Å². The van der Waals surface area contributed by atoms with Crippen molar-refractivity contribution in [2.45, 2.75) is 26.2 Å². The predicted octanol–water partition coefficient (Wildman–Crippen LogP) is 1.40. The van der Waals surface area contributed by atoms with Crippen LogP contribution in [0.1, 0.15) is 26.2 Å². The number of likely N-dealkylation sites (tertiary alicyclic amines) is 1. The zero-order chi connectivity index (χ0) is 13.7. The lowest BCUT2D eigenvalue weighted by atomic mass is 9.99. The first kappa shape index (κ1) is 13.6. The smallest absolute Gasteiger partial charge is 0.290 e. The van der Waals surface area contributed by atoms with E-state index in [-0.39, 0.29) is 23.8 Å². The van der Waals surface area contributed by atoms with Gasteiger partial charge in [-0.15, -0.1) is 0 Å². The molecule has 5 heteroatoms. The van der Waals surface area contributed by atoms with Crippen molar-refractivity contribution in [3.63, 3.8) is 0 Å². The number of aromatic amines is 1. The SMILES string of the molecule is CC1CCN(C(=O)CCOc2ccc[nH]c2=O)CC1. The Bertz CT molecular complexity index is 476. The number of amides is 1. The minimum absolute atomic E-state index is 0.110. The van der Waals surface area contributed by atoms with E-state index in [9.17, 15) is 9.59 Å². The van der Waals surface area contributed by atoms with Crippen LogP contribution in [0.25, 0.3) is 0 Å². The molecule has 1 N–H and O–H groups in total. The molecule has 0 aromatic carbocycles. The van der Waals surface area contributed by atoms with Gasteiger partial charge in [0.1, 0.15) is 0 Å². The van der Waals surface area contributed by atoms with Crippen LogP contribution in [0.3, 0.4) is 0 Å². The largest absolute Gasteiger partial charge is 0.487 e. The average Bonchev–Trinajstić information content (AvgIpc) is 2.41. The van der Waals surface area contributed by atoms with Gasteiger partial charge in [-0.1, -0.05) is 6.92 Å². The molecular weight excluding hydrogens is 244 g/mol. The lowest BCUT2D eigenvalue weighted by Gasteiger charge is -2.30. The number of rotatable bonds is 4. The molecule has 1 fully saturated rings. The van der Waals surface area contributed by atoms with E-state index in [4.69, 9.17) is 4.74 Å². The number of H-pyrrole nitrogens is 1. The molecule has 2 rings (SSSR count). The van der Waals surface area contributed by atoms with Gasteiger partial charge in [-0.2, -0.15) is 0 Å². The molecule has 0 radical (unpaired) electrons. The van der Waals surface area contributed by atoms with Crippen molar-refractivity contribution < 1.29 is 9.53 Å². The van der Waals surface area contributed by atoms with Gasteiger partial charge in [-0.3, -0.25) is 9.59 Å². The number of piperidine rings is 1. The lowest BCUT2D eigenvalue weighted by molar-refractivity contribution is -0.133. The van der Waals surface area contributed by atoms with Gasteiger partial charge in [0.05, 0.1) is 13.0 Å². The van der Waals surface area contributed by atoms with Gasteiger partial charge in [0, 0.05) is 19.3 Å². The van der Waals surface area contributed by atoms with Gasteiger partial charge in [-0.25, -0.2) is 0 Å². The molecule has 0 bridgehead atoms. The molecule has 2 heterocycles. The Hall–Kier alpha value is -1.78. The van der Waals surface area contributed by atoms with Crippen LogP contribution < -0.4 is 10.3 Å². The Labute approximate surface area is 112 Å². The molecule has 1 aliphatic rings. The van der Waals surface area contributed by atoms with E-state index in [0.29, 0.717) is 12.3 Å². The van der Waals surface area contributed by atoms with Crippen molar-refractivity contribution >= 4 is 5.91 Å². The van der Waals surface area contributed by atoms with E-state index in [0.717, 1.165) is 25.9 Å². The number of pyridine rings is 1. The van der Waals surface area contributed by atoms with E-state index in [2.05, 4.69) is 11.9 Å². The van der Waals surface area contributed by atoms with Crippen molar-refractivity contribution in [3.05, 3.63) is 28.7 Å². The van der Waals surface area contributed by atoms with Crippen LogP contribution in [0.5, 0.6) is 5.75 Å². The third-order valence-electron chi connectivity index (χ3n) is 3.49. The first-order chi connectivity index (χ1) is 9.16. The maximum Gasteiger partial charge on any atom is 0.290 e. The molecular formula is C14H20N2O3. The number of nitrogens with one attached hydrogen (secondary N) is 1. The van der Waals surface area contributed by atoms with E-state index in [1.807, 2.05) is 4.90 Å². The quantitative estimate of drug-likeness (QED) is 0.894. The fraction of sp³-hybridized carbons (Fsp3) is 0.571.